The van der Waals surface area contributed by atoms with E-state index in [2.05, 4.69) is 4.98 Å². The van der Waals surface area contributed by atoms with Gasteiger partial charge in [0.1, 0.15) is 0 Å². The van der Waals surface area contributed by atoms with Crippen LogP contribution in [0.2, 0.25) is 0 Å². The van der Waals surface area contributed by atoms with E-state index in [1.54, 1.807) is 6.07 Å². The van der Waals surface area contributed by atoms with Crippen LogP contribution in [0.5, 0.6) is 0 Å². The normalized spacial score (nSPS) is 10.2. The Bertz CT molecular complexity index is 358. The molecule has 0 unspecified atom stereocenters. The first kappa shape index (κ1) is 10.5. The Morgan fingerprint density at radius 1 is 1.57 bits per heavy atom. The molecule has 0 aliphatic rings. The summed E-state index contributed by atoms with van der Waals surface area (Å²) in [6.45, 7) is 0.166. The average molecular weight is 197 g/mol. The van der Waals surface area contributed by atoms with Crippen molar-refractivity contribution >= 4 is 0 Å². The van der Waals surface area contributed by atoms with Crippen molar-refractivity contribution in [3.05, 3.63) is 29.1 Å². The smallest absolute Gasteiger partial charge is 0.265 e. The molecule has 5 heteroatoms. The minimum atomic E-state index is -2.61. The second kappa shape index (κ2) is 4.63. The van der Waals surface area contributed by atoms with Gasteiger partial charge in [-0.05, 0) is 11.6 Å². The Morgan fingerprint density at radius 2 is 2.29 bits per heavy atom. The second-order valence-corrected chi connectivity index (χ2v) is 2.72. The van der Waals surface area contributed by atoms with Crippen LogP contribution in [0.1, 0.15) is 23.2 Å². The molecule has 0 aliphatic heterocycles. The number of alkyl halides is 2. The molecular weight excluding hydrogens is 188 g/mol. The van der Waals surface area contributed by atoms with Crippen molar-refractivity contribution in [2.75, 3.05) is 0 Å². The first-order valence-corrected chi connectivity index (χ1v) is 4.02. The van der Waals surface area contributed by atoms with Gasteiger partial charge in [0.25, 0.3) is 6.43 Å². The van der Waals surface area contributed by atoms with Crippen molar-refractivity contribution in [2.24, 2.45) is 5.73 Å². The Balaban J connectivity index is 3.11. The van der Waals surface area contributed by atoms with Crippen LogP contribution in [0, 0.1) is 11.3 Å². The summed E-state index contributed by atoms with van der Waals surface area (Å²) in [5.41, 5.74) is 5.76. The first-order chi connectivity index (χ1) is 6.69. The summed E-state index contributed by atoms with van der Waals surface area (Å²) in [6.07, 6.45) is -1.30. The van der Waals surface area contributed by atoms with Gasteiger partial charge in [0.2, 0.25) is 0 Å². The molecule has 0 aromatic carbocycles. The third-order valence-electron chi connectivity index (χ3n) is 1.78. The number of hydrogen-bond acceptors (Lipinski definition) is 3. The molecule has 1 heterocycles. The fourth-order valence-corrected chi connectivity index (χ4v) is 1.08. The van der Waals surface area contributed by atoms with Gasteiger partial charge in [0.15, 0.2) is 0 Å². The van der Waals surface area contributed by atoms with Gasteiger partial charge in [-0.25, -0.2) is 8.78 Å². The summed E-state index contributed by atoms with van der Waals surface area (Å²) in [5, 5.41) is 8.39. The highest BCUT2D eigenvalue weighted by molar-refractivity contribution is 5.28. The summed E-state index contributed by atoms with van der Waals surface area (Å²) >= 11 is 0. The van der Waals surface area contributed by atoms with Crippen LogP contribution >= 0.6 is 0 Å². The van der Waals surface area contributed by atoms with E-state index in [4.69, 9.17) is 11.0 Å². The zero-order chi connectivity index (χ0) is 10.6. The predicted octanol–water partition coefficient (Wildman–Crippen LogP) is 1.54. The maximum absolute atomic E-state index is 12.5. The van der Waals surface area contributed by atoms with Crippen molar-refractivity contribution in [2.45, 2.75) is 19.4 Å². The zero-order valence-corrected chi connectivity index (χ0v) is 7.37. The van der Waals surface area contributed by atoms with E-state index in [-0.39, 0.29) is 24.2 Å². The van der Waals surface area contributed by atoms with Crippen molar-refractivity contribution in [1.29, 1.82) is 5.26 Å². The van der Waals surface area contributed by atoms with Crippen LogP contribution in [0.4, 0.5) is 8.78 Å². The van der Waals surface area contributed by atoms with Crippen LogP contribution in [0.15, 0.2) is 12.3 Å². The quantitative estimate of drug-likeness (QED) is 0.799. The van der Waals surface area contributed by atoms with Crippen LogP contribution < -0.4 is 5.73 Å². The lowest BCUT2D eigenvalue weighted by Crippen LogP contribution is -2.03. The highest BCUT2D eigenvalue weighted by Crippen LogP contribution is 2.22. The molecular formula is C9H9F2N3. The Labute approximate surface area is 80.2 Å². The summed E-state index contributed by atoms with van der Waals surface area (Å²) in [5.74, 6) is 0. The molecule has 74 valence electrons. The molecule has 3 nitrogen and oxygen atoms in total. The topological polar surface area (TPSA) is 62.7 Å². The van der Waals surface area contributed by atoms with Gasteiger partial charge in [-0.1, -0.05) is 0 Å². The molecule has 0 saturated carbocycles. The maximum atomic E-state index is 12.5. The molecule has 0 fully saturated rings. The zero-order valence-electron chi connectivity index (χ0n) is 7.37. The third-order valence-corrected chi connectivity index (χ3v) is 1.78. The van der Waals surface area contributed by atoms with Gasteiger partial charge in [0, 0.05) is 18.3 Å². The van der Waals surface area contributed by atoms with E-state index in [1.807, 2.05) is 0 Å². The van der Waals surface area contributed by atoms with E-state index in [0.29, 0.717) is 5.56 Å². The number of halogens is 2. The number of nitrogens with two attached hydrogens (primary N) is 1. The lowest BCUT2D eigenvalue weighted by molar-refractivity contribution is 0.149. The molecule has 0 aliphatic carbocycles. The molecule has 0 atom stereocenters. The minimum absolute atomic E-state index is 0.107. The molecule has 0 spiro atoms. The molecule has 0 bridgehead atoms. The SMILES string of the molecule is N#CCc1ncc(CN)cc1C(F)F. The summed E-state index contributed by atoms with van der Waals surface area (Å²) < 4.78 is 25.0. The summed E-state index contributed by atoms with van der Waals surface area (Å²) in [4.78, 5) is 3.78. The van der Waals surface area contributed by atoms with E-state index >= 15 is 0 Å². The van der Waals surface area contributed by atoms with Crippen LogP contribution in [0.3, 0.4) is 0 Å². The highest BCUT2D eigenvalue weighted by Gasteiger charge is 2.14. The van der Waals surface area contributed by atoms with Crippen molar-refractivity contribution in [3.63, 3.8) is 0 Å². The fraction of sp³-hybridized carbons (Fsp3) is 0.333. The van der Waals surface area contributed by atoms with E-state index in [1.165, 1.54) is 12.3 Å². The molecule has 1 aromatic heterocycles. The lowest BCUT2D eigenvalue weighted by atomic mass is 10.1. The molecule has 2 N–H and O–H groups in total. The first-order valence-electron chi connectivity index (χ1n) is 4.02. The molecule has 0 amide bonds. The van der Waals surface area contributed by atoms with E-state index < -0.39 is 6.43 Å². The largest absolute Gasteiger partial charge is 0.326 e. The third kappa shape index (κ3) is 2.24. The van der Waals surface area contributed by atoms with Crippen molar-refractivity contribution in [3.8, 4) is 6.07 Å². The number of hydrogen-bond donors (Lipinski definition) is 1. The number of nitrogens with zero attached hydrogens (tertiary/aromatic N) is 2. The maximum Gasteiger partial charge on any atom is 0.265 e. The fourth-order valence-electron chi connectivity index (χ4n) is 1.08. The van der Waals surface area contributed by atoms with Gasteiger partial charge in [-0.15, -0.1) is 0 Å². The molecule has 0 radical (unpaired) electrons. The van der Waals surface area contributed by atoms with Gasteiger partial charge in [-0.2, -0.15) is 5.26 Å². The summed E-state index contributed by atoms with van der Waals surface area (Å²) in [7, 11) is 0. The lowest BCUT2D eigenvalue weighted by Gasteiger charge is -2.06. The number of nitriles is 1. The van der Waals surface area contributed by atoms with Crippen LogP contribution in [-0.4, -0.2) is 4.98 Å². The van der Waals surface area contributed by atoms with Gasteiger partial charge in [0.05, 0.1) is 18.2 Å². The van der Waals surface area contributed by atoms with Gasteiger partial charge < -0.3 is 5.73 Å². The van der Waals surface area contributed by atoms with Crippen LogP contribution in [0.25, 0.3) is 0 Å². The minimum Gasteiger partial charge on any atom is -0.326 e. The number of rotatable bonds is 3. The Morgan fingerprint density at radius 3 is 2.79 bits per heavy atom. The monoisotopic (exact) mass is 197 g/mol. The van der Waals surface area contributed by atoms with E-state index in [9.17, 15) is 8.78 Å². The number of pyridine rings is 1. The van der Waals surface area contributed by atoms with Crippen molar-refractivity contribution in [1.82, 2.24) is 4.98 Å². The van der Waals surface area contributed by atoms with E-state index in [0.717, 1.165) is 0 Å². The van der Waals surface area contributed by atoms with Crippen LogP contribution in [-0.2, 0) is 13.0 Å². The van der Waals surface area contributed by atoms with Crippen molar-refractivity contribution < 1.29 is 8.78 Å². The highest BCUT2D eigenvalue weighted by atomic mass is 19.3. The predicted molar refractivity (Wildman–Crippen MR) is 46.4 cm³/mol. The summed E-state index contributed by atoms with van der Waals surface area (Å²) in [6, 6.07) is 3.09. The second-order valence-electron chi connectivity index (χ2n) is 2.72. The molecule has 1 aromatic rings. The Kier molecular flexibility index (Phi) is 3.48. The average Bonchev–Trinajstić information content (AvgIpc) is 2.18. The van der Waals surface area contributed by atoms with Gasteiger partial charge >= 0.3 is 0 Å². The molecule has 0 saturated heterocycles. The number of aromatic nitrogens is 1. The Hall–Kier alpha value is -1.54. The van der Waals surface area contributed by atoms with Gasteiger partial charge in [-0.3, -0.25) is 4.98 Å². The molecule has 14 heavy (non-hydrogen) atoms. The standard InChI is InChI=1S/C9H9F2N3/c10-9(11)7-3-6(4-13)5-14-8(7)1-2-12/h3,5,9H,1,4,13H2. The molecule has 1 rings (SSSR count).